The number of halogens is 1. The first kappa shape index (κ1) is 13.0. The lowest BCUT2D eigenvalue weighted by atomic mass is 10.2. The van der Waals surface area contributed by atoms with Crippen LogP contribution in [0.2, 0.25) is 0 Å². The lowest BCUT2D eigenvalue weighted by Crippen LogP contribution is -2.35. The van der Waals surface area contributed by atoms with Crippen LogP contribution in [0.25, 0.3) is 0 Å². The van der Waals surface area contributed by atoms with Crippen LogP contribution in [0.4, 0.5) is 5.69 Å². The Bertz CT molecular complexity index is 382. The largest absolute Gasteiger partial charge is 0.495 e. The van der Waals surface area contributed by atoms with Gasteiger partial charge in [-0.05, 0) is 32.2 Å². The predicted molar refractivity (Wildman–Crippen MR) is 67.8 cm³/mol. The van der Waals surface area contributed by atoms with Gasteiger partial charge in [0, 0.05) is 4.47 Å². The molecule has 1 atom stereocenters. The molecule has 0 aliphatic rings. The van der Waals surface area contributed by atoms with E-state index in [1.54, 1.807) is 33.2 Å². The molecule has 1 rings (SSSR count). The molecule has 0 heterocycles. The predicted octanol–water partition coefficient (Wildman–Crippen LogP) is 2.00. The molecule has 0 bridgehead atoms. The Balaban J connectivity index is 2.87. The molecule has 1 aromatic carbocycles. The van der Waals surface area contributed by atoms with Gasteiger partial charge in [0.25, 0.3) is 0 Å². The van der Waals surface area contributed by atoms with Gasteiger partial charge in [-0.2, -0.15) is 0 Å². The smallest absolute Gasteiger partial charge is 0.241 e. The first-order valence-corrected chi connectivity index (χ1v) is 5.69. The number of anilines is 1. The zero-order chi connectivity index (χ0) is 12.1. The third-order valence-electron chi connectivity index (χ3n) is 2.25. The second kappa shape index (κ2) is 5.86. The van der Waals surface area contributed by atoms with E-state index >= 15 is 0 Å². The monoisotopic (exact) mass is 286 g/mol. The Morgan fingerprint density at radius 2 is 2.19 bits per heavy atom. The van der Waals surface area contributed by atoms with Gasteiger partial charge < -0.3 is 15.4 Å². The number of carbonyl (C=O) groups is 1. The average molecular weight is 287 g/mol. The summed E-state index contributed by atoms with van der Waals surface area (Å²) < 4.78 is 6.05. The van der Waals surface area contributed by atoms with Crippen LogP contribution < -0.4 is 15.4 Å². The van der Waals surface area contributed by atoms with Crippen molar-refractivity contribution in [1.29, 1.82) is 0 Å². The molecule has 0 fully saturated rings. The summed E-state index contributed by atoms with van der Waals surface area (Å²) in [6.07, 6.45) is 0. The van der Waals surface area contributed by atoms with Crippen LogP contribution in [0.5, 0.6) is 5.75 Å². The van der Waals surface area contributed by atoms with Crippen LogP contribution in [0.3, 0.4) is 0 Å². The minimum atomic E-state index is -0.247. The van der Waals surface area contributed by atoms with E-state index in [1.807, 2.05) is 6.07 Å². The van der Waals surface area contributed by atoms with Gasteiger partial charge in [0.05, 0.1) is 18.8 Å². The number of hydrogen-bond acceptors (Lipinski definition) is 3. The number of nitrogens with one attached hydrogen (secondary N) is 2. The molecule has 0 saturated carbocycles. The molecular formula is C11H15BrN2O2. The highest BCUT2D eigenvalue weighted by molar-refractivity contribution is 9.10. The van der Waals surface area contributed by atoms with E-state index in [9.17, 15) is 4.79 Å². The maximum atomic E-state index is 11.7. The zero-order valence-corrected chi connectivity index (χ0v) is 11.1. The molecule has 5 heteroatoms. The molecule has 0 aliphatic carbocycles. The van der Waals surface area contributed by atoms with Crippen molar-refractivity contribution in [2.45, 2.75) is 13.0 Å². The third kappa shape index (κ3) is 3.21. The Kier molecular flexibility index (Phi) is 4.76. The maximum Gasteiger partial charge on any atom is 0.241 e. The van der Waals surface area contributed by atoms with Crippen molar-refractivity contribution >= 4 is 27.5 Å². The standard InChI is InChI=1S/C11H15BrN2O2/c1-7(13-2)11(15)14-9-6-8(12)4-5-10(9)16-3/h4-7,13H,1-3H3,(H,14,15). The van der Waals surface area contributed by atoms with Crippen LogP contribution in [-0.4, -0.2) is 26.1 Å². The Hall–Kier alpha value is -1.07. The minimum Gasteiger partial charge on any atom is -0.495 e. The molecule has 1 amide bonds. The molecule has 0 spiro atoms. The quantitative estimate of drug-likeness (QED) is 0.890. The summed E-state index contributed by atoms with van der Waals surface area (Å²) in [5, 5.41) is 5.67. The van der Waals surface area contributed by atoms with E-state index in [1.165, 1.54) is 0 Å². The molecule has 0 radical (unpaired) electrons. The molecule has 4 nitrogen and oxygen atoms in total. The first-order chi connectivity index (χ1) is 7.58. The van der Waals surface area contributed by atoms with Crippen LogP contribution in [0, 0.1) is 0 Å². The Morgan fingerprint density at radius 1 is 1.50 bits per heavy atom. The fourth-order valence-corrected chi connectivity index (χ4v) is 1.51. The van der Waals surface area contributed by atoms with Gasteiger partial charge in [0.2, 0.25) is 5.91 Å². The van der Waals surface area contributed by atoms with Gasteiger partial charge in [-0.15, -0.1) is 0 Å². The van der Waals surface area contributed by atoms with Crippen molar-refractivity contribution in [2.24, 2.45) is 0 Å². The van der Waals surface area contributed by atoms with Gasteiger partial charge in [-0.25, -0.2) is 0 Å². The van der Waals surface area contributed by atoms with E-state index in [0.29, 0.717) is 11.4 Å². The van der Waals surface area contributed by atoms with Gasteiger partial charge in [-0.1, -0.05) is 15.9 Å². The van der Waals surface area contributed by atoms with Crippen LogP contribution in [-0.2, 0) is 4.79 Å². The number of likely N-dealkylation sites (N-methyl/N-ethyl adjacent to an activating group) is 1. The number of benzene rings is 1. The van der Waals surface area contributed by atoms with Crippen molar-refractivity contribution in [2.75, 3.05) is 19.5 Å². The van der Waals surface area contributed by atoms with E-state index in [0.717, 1.165) is 4.47 Å². The summed E-state index contributed by atoms with van der Waals surface area (Å²) in [5.74, 6) is 0.541. The summed E-state index contributed by atoms with van der Waals surface area (Å²) in [4.78, 5) is 11.7. The Labute approximate surface area is 103 Å². The van der Waals surface area contributed by atoms with Crippen LogP contribution >= 0.6 is 15.9 Å². The highest BCUT2D eigenvalue weighted by atomic mass is 79.9. The molecule has 0 aliphatic heterocycles. The van der Waals surface area contributed by atoms with Crippen LogP contribution in [0.1, 0.15) is 6.92 Å². The van der Waals surface area contributed by atoms with E-state index in [-0.39, 0.29) is 11.9 Å². The summed E-state index contributed by atoms with van der Waals surface area (Å²) in [5.41, 5.74) is 0.656. The van der Waals surface area contributed by atoms with E-state index in [4.69, 9.17) is 4.74 Å². The molecule has 0 aromatic heterocycles. The van der Waals surface area contributed by atoms with Crippen molar-refractivity contribution in [3.05, 3.63) is 22.7 Å². The van der Waals surface area contributed by atoms with Gasteiger partial charge >= 0.3 is 0 Å². The molecule has 88 valence electrons. The highest BCUT2D eigenvalue weighted by Gasteiger charge is 2.12. The van der Waals surface area contributed by atoms with E-state index < -0.39 is 0 Å². The lowest BCUT2D eigenvalue weighted by Gasteiger charge is -2.13. The molecule has 16 heavy (non-hydrogen) atoms. The number of amides is 1. The van der Waals surface area contributed by atoms with Crippen molar-refractivity contribution in [1.82, 2.24) is 5.32 Å². The highest BCUT2D eigenvalue weighted by Crippen LogP contribution is 2.27. The lowest BCUT2D eigenvalue weighted by molar-refractivity contribution is -0.117. The summed E-state index contributed by atoms with van der Waals surface area (Å²) in [7, 11) is 3.31. The van der Waals surface area contributed by atoms with E-state index in [2.05, 4.69) is 26.6 Å². The van der Waals surface area contributed by atoms with Crippen molar-refractivity contribution < 1.29 is 9.53 Å². The zero-order valence-electron chi connectivity index (χ0n) is 9.50. The summed E-state index contributed by atoms with van der Waals surface area (Å²) >= 11 is 3.35. The van der Waals surface area contributed by atoms with Gasteiger partial charge in [-0.3, -0.25) is 4.79 Å². The fourth-order valence-electron chi connectivity index (χ4n) is 1.15. The fraction of sp³-hybridized carbons (Fsp3) is 0.364. The summed E-state index contributed by atoms with van der Waals surface area (Å²) in [6, 6.07) is 5.21. The second-order valence-electron chi connectivity index (χ2n) is 3.34. The Morgan fingerprint density at radius 3 is 2.75 bits per heavy atom. The second-order valence-corrected chi connectivity index (χ2v) is 4.26. The average Bonchev–Trinajstić information content (AvgIpc) is 2.28. The molecular weight excluding hydrogens is 272 g/mol. The topological polar surface area (TPSA) is 50.4 Å². The molecule has 0 saturated heterocycles. The first-order valence-electron chi connectivity index (χ1n) is 4.90. The number of carbonyl (C=O) groups excluding carboxylic acids is 1. The number of hydrogen-bond donors (Lipinski definition) is 2. The van der Waals surface area contributed by atoms with Gasteiger partial charge in [0.15, 0.2) is 0 Å². The summed E-state index contributed by atoms with van der Waals surface area (Å²) in [6.45, 7) is 1.79. The van der Waals surface area contributed by atoms with Crippen molar-refractivity contribution in [3.8, 4) is 5.75 Å². The minimum absolute atomic E-state index is 0.0982. The number of ether oxygens (including phenoxy) is 1. The van der Waals surface area contributed by atoms with Crippen LogP contribution in [0.15, 0.2) is 22.7 Å². The maximum absolute atomic E-state index is 11.7. The number of methoxy groups -OCH3 is 1. The third-order valence-corrected chi connectivity index (χ3v) is 2.74. The molecule has 2 N–H and O–H groups in total. The SMILES string of the molecule is CNC(C)C(=O)Nc1cc(Br)ccc1OC. The van der Waals surface area contributed by atoms with Gasteiger partial charge in [0.1, 0.15) is 5.75 Å². The normalized spacial score (nSPS) is 12.0. The molecule has 1 unspecified atom stereocenters. The number of rotatable bonds is 4. The van der Waals surface area contributed by atoms with Crippen molar-refractivity contribution in [3.63, 3.8) is 0 Å². The molecule has 1 aromatic rings.